The third-order valence-corrected chi connectivity index (χ3v) is 3.30. The van der Waals surface area contributed by atoms with Gasteiger partial charge in [-0.15, -0.1) is 0 Å². The van der Waals surface area contributed by atoms with Crippen LogP contribution in [0.4, 0.5) is 0 Å². The molecule has 0 amide bonds. The molecule has 0 aliphatic heterocycles. The summed E-state index contributed by atoms with van der Waals surface area (Å²) >= 11 is -1.91. The minimum atomic E-state index is -1.91. The van der Waals surface area contributed by atoms with Gasteiger partial charge in [-0.3, -0.25) is 0 Å². The smallest absolute Gasteiger partial charge is 0.278 e. The van der Waals surface area contributed by atoms with Crippen LogP contribution in [0.3, 0.4) is 0 Å². The van der Waals surface area contributed by atoms with Gasteiger partial charge >= 0.3 is 0 Å². The molecule has 0 heterocycles. The summed E-state index contributed by atoms with van der Waals surface area (Å²) < 4.78 is 19.0. The number of rotatable bonds is 2. The van der Waals surface area contributed by atoms with Gasteiger partial charge in [0.2, 0.25) is 0 Å². The second-order valence-electron chi connectivity index (χ2n) is 2.77. The lowest BCUT2D eigenvalue weighted by atomic mass is 10.1. The van der Waals surface area contributed by atoms with Crippen molar-refractivity contribution in [2.45, 2.75) is 30.4 Å². The minimum absolute atomic E-state index is 0.639. The van der Waals surface area contributed by atoms with Crippen molar-refractivity contribution in [3.63, 3.8) is 0 Å². The maximum absolute atomic E-state index is 10.8. The molecule has 11 heavy (non-hydrogen) atoms. The Morgan fingerprint density at radius 3 is 2.45 bits per heavy atom. The van der Waals surface area contributed by atoms with Gasteiger partial charge < -0.3 is 10.1 Å². The summed E-state index contributed by atoms with van der Waals surface area (Å²) in [7, 11) is 0. The molecule has 1 atom stereocenters. The fraction of sp³-hybridized carbons (Fsp3) is 0.833. The molecule has 1 saturated carbocycles. The van der Waals surface area contributed by atoms with Crippen molar-refractivity contribution in [2.24, 2.45) is 0 Å². The number of hydrogen-bond acceptors (Lipinski definition) is 1. The zero-order valence-corrected chi connectivity index (χ0v) is 6.88. The lowest BCUT2D eigenvalue weighted by molar-refractivity contribution is -0.00176. The predicted molar refractivity (Wildman–Crippen MR) is 41.7 cm³/mol. The van der Waals surface area contributed by atoms with Crippen LogP contribution >= 0.6 is 0 Å². The van der Waals surface area contributed by atoms with Crippen LogP contribution in [0.1, 0.15) is 25.7 Å². The highest BCUT2D eigenvalue weighted by molar-refractivity contribution is 7.81. The molecule has 1 unspecified atom stereocenters. The van der Waals surface area contributed by atoms with Gasteiger partial charge in [-0.05, 0) is 12.8 Å². The molecule has 5 heteroatoms. The lowest BCUT2D eigenvalue weighted by Gasteiger charge is -2.12. The fourth-order valence-electron chi connectivity index (χ4n) is 1.43. The summed E-state index contributed by atoms with van der Waals surface area (Å²) in [5, 5.41) is 0. The molecule has 1 N–H and O–H groups in total. The van der Waals surface area contributed by atoms with Crippen LogP contribution in [-0.2, 0) is 11.1 Å². The van der Waals surface area contributed by atoms with Crippen LogP contribution in [0.15, 0.2) is 0 Å². The Morgan fingerprint density at radius 2 is 2.09 bits per heavy atom. The number of nitrogens with zero attached hydrogens (tertiary/aromatic N) is 2. The molecule has 62 valence electrons. The van der Waals surface area contributed by atoms with Crippen LogP contribution in [0.25, 0.3) is 5.53 Å². The van der Waals surface area contributed by atoms with Gasteiger partial charge in [0, 0.05) is 0 Å². The third kappa shape index (κ3) is 1.56. The van der Waals surface area contributed by atoms with E-state index in [1.165, 1.54) is 6.21 Å². The van der Waals surface area contributed by atoms with Crippen LogP contribution in [0, 0.1) is 0 Å². The average molecular weight is 174 g/mol. The van der Waals surface area contributed by atoms with E-state index in [0.717, 1.165) is 12.8 Å². The van der Waals surface area contributed by atoms with E-state index >= 15 is 0 Å². The Balaban J connectivity index is 2.87. The molecular weight excluding hydrogens is 164 g/mol. The van der Waals surface area contributed by atoms with Gasteiger partial charge in [-0.25, -0.2) is 4.21 Å². The molecule has 1 aliphatic rings. The van der Waals surface area contributed by atoms with E-state index in [0.29, 0.717) is 12.8 Å². The van der Waals surface area contributed by atoms with Crippen LogP contribution in [-0.4, -0.2) is 24.5 Å². The topological polar surface area (TPSA) is 73.7 Å². The molecule has 0 radical (unpaired) electrons. The Bertz CT molecular complexity index is 213. The summed E-state index contributed by atoms with van der Waals surface area (Å²) in [6, 6.07) is 0. The van der Waals surface area contributed by atoms with Crippen LogP contribution in [0.5, 0.6) is 0 Å². The van der Waals surface area contributed by atoms with Crippen molar-refractivity contribution in [3.05, 3.63) is 5.53 Å². The highest BCUT2D eigenvalue weighted by Gasteiger charge is 2.42. The molecule has 1 aliphatic carbocycles. The first-order valence-electron chi connectivity index (χ1n) is 3.51. The second-order valence-corrected chi connectivity index (χ2v) is 4.08. The van der Waals surface area contributed by atoms with E-state index in [9.17, 15) is 4.21 Å². The van der Waals surface area contributed by atoms with E-state index in [1.807, 2.05) is 0 Å². The Kier molecular flexibility index (Phi) is 2.54. The number of hydrogen-bond donors (Lipinski definition) is 1. The molecule has 0 aromatic heterocycles. The molecule has 1 fully saturated rings. The maximum atomic E-state index is 10.8. The van der Waals surface area contributed by atoms with Gasteiger partial charge in [0.05, 0.1) is 0 Å². The summed E-state index contributed by atoms with van der Waals surface area (Å²) in [5.41, 5.74) is 8.26. The van der Waals surface area contributed by atoms with Crippen molar-refractivity contribution in [2.75, 3.05) is 0 Å². The zero-order valence-electron chi connectivity index (χ0n) is 6.06. The van der Waals surface area contributed by atoms with Gasteiger partial charge in [0.1, 0.15) is 0 Å². The standard InChI is InChI=1S/C6H10N2O2S/c7-8-5-6(11(9)10)3-1-2-4-6/h5H,1-4H2,(H,9,10). The largest absolute Gasteiger partial charge is 0.362 e. The highest BCUT2D eigenvalue weighted by Crippen LogP contribution is 2.32. The van der Waals surface area contributed by atoms with E-state index in [4.69, 9.17) is 10.1 Å². The van der Waals surface area contributed by atoms with E-state index in [1.54, 1.807) is 0 Å². The van der Waals surface area contributed by atoms with Crippen LogP contribution in [0.2, 0.25) is 0 Å². The summed E-state index contributed by atoms with van der Waals surface area (Å²) in [6.07, 6.45) is 4.33. The summed E-state index contributed by atoms with van der Waals surface area (Å²) in [6.45, 7) is 0. The maximum Gasteiger partial charge on any atom is 0.278 e. The van der Waals surface area contributed by atoms with Gasteiger partial charge in [-0.2, -0.15) is 4.79 Å². The molecule has 4 nitrogen and oxygen atoms in total. The molecule has 0 aromatic rings. The van der Waals surface area contributed by atoms with Crippen molar-refractivity contribution >= 4 is 17.3 Å². The zero-order chi connectivity index (χ0) is 8.32. The molecule has 0 saturated heterocycles. The van der Waals surface area contributed by atoms with E-state index < -0.39 is 15.8 Å². The van der Waals surface area contributed by atoms with Gasteiger partial charge in [0.15, 0.2) is 15.8 Å². The van der Waals surface area contributed by atoms with Crippen molar-refractivity contribution in [1.29, 1.82) is 0 Å². The Morgan fingerprint density at radius 1 is 1.55 bits per heavy atom. The fourth-order valence-corrected chi connectivity index (χ4v) is 2.20. The van der Waals surface area contributed by atoms with E-state index in [2.05, 4.69) is 4.79 Å². The monoisotopic (exact) mass is 174 g/mol. The van der Waals surface area contributed by atoms with Gasteiger partial charge in [-0.1, -0.05) is 12.8 Å². The lowest BCUT2D eigenvalue weighted by Crippen LogP contribution is -2.32. The predicted octanol–water partition coefficient (Wildman–Crippen LogP) is 0.821. The van der Waals surface area contributed by atoms with Gasteiger partial charge in [0.25, 0.3) is 6.21 Å². The third-order valence-electron chi connectivity index (χ3n) is 2.09. The second kappa shape index (κ2) is 3.26. The molecular formula is C6H10N2O2S. The summed E-state index contributed by atoms with van der Waals surface area (Å²) in [5.74, 6) is 0. The van der Waals surface area contributed by atoms with Crippen molar-refractivity contribution in [1.82, 2.24) is 0 Å². The highest BCUT2D eigenvalue weighted by atomic mass is 32.2. The normalized spacial score (nSPS) is 24.1. The molecule has 1 rings (SSSR count). The SMILES string of the molecule is [N-]=[N+]=CC1(S(=O)O)CCCC1. The average Bonchev–Trinajstić information content (AvgIpc) is 2.38. The minimum Gasteiger partial charge on any atom is -0.362 e. The molecule has 0 spiro atoms. The quantitative estimate of drug-likeness (QED) is 0.291. The van der Waals surface area contributed by atoms with Crippen LogP contribution < -0.4 is 0 Å². The Hall–Kier alpha value is -0.510. The first-order valence-corrected chi connectivity index (χ1v) is 4.61. The molecule has 0 bridgehead atoms. The van der Waals surface area contributed by atoms with Crippen molar-refractivity contribution < 1.29 is 13.6 Å². The molecule has 0 aromatic carbocycles. The van der Waals surface area contributed by atoms with Crippen molar-refractivity contribution in [3.8, 4) is 0 Å². The Labute approximate surface area is 67.5 Å². The first-order chi connectivity index (χ1) is 5.21. The summed E-state index contributed by atoms with van der Waals surface area (Å²) in [4.78, 5) is 2.83. The first kappa shape index (κ1) is 8.59. The van der Waals surface area contributed by atoms with E-state index in [-0.39, 0.29) is 0 Å².